The maximum Gasteiger partial charge on any atom is 0.436 e. The van der Waals surface area contributed by atoms with Gasteiger partial charge >= 0.3 is 18.3 Å². The first-order valence-corrected chi connectivity index (χ1v) is 11.5. The second-order valence-corrected chi connectivity index (χ2v) is 8.81. The van der Waals surface area contributed by atoms with Gasteiger partial charge in [-0.3, -0.25) is 4.79 Å². The third kappa shape index (κ3) is 5.68. The minimum Gasteiger partial charge on any atom is -0.465 e. The summed E-state index contributed by atoms with van der Waals surface area (Å²) in [5.41, 5.74) is -2.91. The normalized spacial score (nSPS) is 14.2. The molecular weight excluding hydrogens is 537 g/mol. The van der Waals surface area contributed by atoms with Crippen LogP contribution < -0.4 is 10.2 Å². The fraction of sp³-hybridized carbons (Fsp3) is 0.320. The van der Waals surface area contributed by atoms with Crippen LogP contribution in [-0.2, 0) is 30.2 Å². The summed E-state index contributed by atoms with van der Waals surface area (Å²) in [5.74, 6) is -3.01. The van der Waals surface area contributed by atoms with Crippen LogP contribution in [0.25, 0.3) is 0 Å². The van der Waals surface area contributed by atoms with Crippen molar-refractivity contribution in [3.63, 3.8) is 0 Å². The number of hydrogen-bond donors (Lipinski definition) is 1. The topological polar surface area (TPSA) is 76.5 Å². The van der Waals surface area contributed by atoms with Crippen molar-refractivity contribution < 1.29 is 45.1 Å². The number of esters is 1. The lowest BCUT2D eigenvalue weighted by Gasteiger charge is -2.21. The van der Waals surface area contributed by atoms with Crippen LogP contribution in [0.3, 0.4) is 0 Å². The van der Waals surface area contributed by atoms with Gasteiger partial charge in [-0.15, -0.1) is 0 Å². The van der Waals surface area contributed by atoms with Gasteiger partial charge in [-0.1, -0.05) is 18.2 Å². The van der Waals surface area contributed by atoms with Crippen molar-refractivity contribution in [1.29, 1.82) is 0 Å². The van der Waals surface area contributed by atoms with Crippen LogP contribution in [0.2, 0.25) is 0 Å². The number of anilines is 1. The Morgan fingerprint density at radius 1 is 1.03 bits per heavy atom. The Morgan fingerprint density at radius 3 is 2.26 bits per heavy atom. The van der Waals surface area contributed by atoms with Crippen LogP contribution >= 0.6 is 0 Å². The molecule has 4 rings (SSSR count). The van der Waals surface area contributed by atoms with Crippen molar-refractivity contribution in [1.82, 2.24) is 15.1 Å². The third-order valence-electron chi connectivity index (χ3n) is 6.19. The zero-order valence-electron chi connectivity index (χ0n) is 20.5. The standard InChI is InChI=1S/C25H21F7N4O3/c1-13(17-8-5-15(11-18(17)26)23(38)39-2)33-21(37)19-20(25(30,31)32)34-36-10-9-35(22(19)36)12-14-3-6-16(7-4-14)24(27,28)29/h3-8,11,13H,9-10,12H2,1-2H3,(H,33,37). The SMILES string of the molecule is COC(=O)c1ccc(C(C)NC(=O)c2c(C(F)(F)F)nn3c2N(Cc2ccc(C(F)(F)F)cc2)CC3)c(F)c1. The van der Waals surface area contributed by atoms with E-state index in [1.807, 2.05) is 0 Å². The number of fused-ring (bicyclic) bond motifs is 1. The largest absolute Gasteiger partial charge is 0.465 e. The van der Waals surface area contributed by atoms with E-state index >= 15 is 0 Å². The van der Waals surface area contributed by atoms with Gasteiger partial charge in [-0.25, -0.2) is 13.9 Å². The van der Waals surface area contributed by atoms with Crippen LogP contribution in [-0.4, -0.2) is 35.3 Å². The lowest BCUT2D eigenvalue weighted by Crippen LogP contribution is -2.31. The molecule has 0 aliphatic carbocycles. The maximum absolute atomic E-state index is 14.7. The van der Waals surface area contributed by atoms with Crippen molar-refractivity contribution in [3.05, 3.63) is 81.8 Å². The Bertz CT molecular complexity index is 1400. The average molecular weight is 558 g/mol. The number of ether oxygens (including phenoxy) is 1. The average Bonchev–Trinajstić information content (AvgIpc) is 3.43. The molecule has 1 aliphatic rings. The molecule has 0 saturated heterocycles. The van der Waals surface area contributed by atoms with Crippen LogP contribution in [0, 0.1) is 5.82 Å². The number of benzene rings is 2. The van der Waals surface area contributed by atoms with Gasteiger partial charge in [0, 0.05) is 18.7 Å². The molecule has 7 nitrogen and oxygen atoms in total. The Labute approximate surface area is 217 Å². The molecular formula is C25H21F7N4O3. The van der Waals surface area contributed by atoms with E-state index in [2.05, 4.69) is 15.2 Å². The van der Waals surface area contributed by atoms with E-state index in [4.69, 9.17) is 0 Å². The molecule has 0 radical (unpaired) electrons. The molecule has 2 aromatic carbocycles. The number of nitrogens with zero attached hydrogens (tertiary/aromatic N) is 3. The molecule has 208 valence electrons. The molecule has 0 fully saturated rings. The molecule has 1 N–H and O–H groups in total. The smallest absolute Gasteiger partial charge is 0.436 e. The van der Waals surface area contributed by atoms with Gasteiger partial charge in [-0.05, 0) is 36.8 Å². The zero-order valence-corrected chi connectivity index (χ0v) is 20.5. The molecule has 1 aliphatic heterocycles. The minimum atomic E-state index is -5.00. The van der Waals surface area contributed by atoms with Gasteiger partial charge in [0.05, 0.1) is 30.8 Å². The first-order chi connectivity index (χ1) is 18.2. The summed E-state index contributed by atoms with van der Waals surface area (Å²) in [6, 6.07) is 6.36. The first-order valence-electron chi connectivity index (χ1n) is 11.5. The number of methoxy groups -OCH3 is 1. The molecule has 0 spiro atoms. The molecule has 1 amide bonds. The number of aromatic nitrogens is 2. The summed E-state index contributed by atoms with van der Waals surface area (Å²) in [4.78, 5) is 26.2. The van der Waals surface area contributed by atoms with Gasteiger partial charge in [0.1, 0.15) is 17.2 Å². The highest BCUT2D eigenvalue weighted by atomic mass is 19.4. The molecule has 2 heterocycles. The highest BCUT2D eigenvalue weighted by molar-refractivity contribution is 6.01. The van der Waals surface area contributed by atoms with E-state index in [1.165, 1.54) is 36.1 Å². The fourth-order valence-electron chi connectivity index (χ4n) is 4.30. The number of carbonyl (C=O) groups excluding carboxylic acids is 2. The van der Waals surface area contributed by atoms with E-state index in [9.17, 15) is 40.3 Å². The Kier molecular flexibility index (Phi) is 7.32. The first kappa shape index (κ1) is 27.9. The van der Waals surface area contributed by atoms with E-state index in [-0.39, 0.29) is 36.6 Å². The number of alkyl halides is 6. The quantitative estimate of drug-likeness (QED) is 0.326. The van der Waals surface area contributed by atoms with Gasteiger partial charge in [-0.2, -0.15) is 31.4 Å². The van der Waals surface area contributed by atoms with Crippen molar-refractivity contribution in [3.8, 4) is 0 Å². The predicted octanol–water partition coefficient (Wildman–Crippen LogP) is 5.36. The van der Waals surface area contributed by atoms with Crippen LogP contribution in [0.5, 0.6) is 0 Å². The van der Waals surface area contributed by atoms with Crippen LogP contribution in [0.4, 0.5) is 36.6 Å². The highest BCUT2D eigenvalue weighted by Crippen LogP contribution is 2.39. The Hall–Kier alpha value is -4.10. The lowest BCUT2D eigenvalue weighted by atomic mass is 10.0. The number of carbonyl (C=O) groups is 2. The zero-order chi connectivity index (χ0) is 28.7. The highest BCUT2D eigenvalue weighted by Gasteiger charge is 2.44. The molecule has 3 aromatic rings. The third-order valence-corrected chi connectivity index (χ3v) is 6.19. The molecule has 0 bridgehead atoms. The van der Waals surface area contributed by atoms with Gasteiger partial charge in [0.15, 0.2) is 5.69 Å². The number of rotatable bonds is 6. The summed E-state index contributed by atoms with van der Waals surface area (Å²) in [5, 5.41) is 5.93. The molecule has 1 atom stereocenters. The van der Waals surface area contributed by atoms with Crippen molar-refractivity contribution in [2.24, 2.45) is 0 Å². The van der Waals surface area contributed by atoms with E-state index in [1.54, 1.807) is 0 Å². The lowest BCUT2D eigenvalue weighted by molar-refractivity contribution is -0.142. The van der Waals surface area contributed by atoms with E-state index in [0.29, 0.717) is 5.56 Å². The van der Waals surface area contributed by atoms with Gasteiger partial charge in [0.25, 0.3) is 5.91 Å². The van der Waals surface area contributed by atoms with Crippen molar-refractivity contribution in [2.45, 2.75) is 38.4 Å². The number of hydrogen-bond acceptors (Lipinski definition) is 5. The monoisotopic (exact) mass is 558 g/mol. The van der Waals surface area contributed by atoms with E-state index < -0.39 is 52.9 Å². The molecule has 39 heavy (non-hydrogen) atoms. The summed E-state index contributed by atoms with van der Waals surface area (Å²) in [6.07, 6.45) is -9.55. The second kappa shape index (κ2) is 10.2. The number of nitrogens with one attached hydrogen (secondary N) is 1. The Morgan fingerprint density at radius 2 is 1.69 bits per heavy atom. The minimum absolute atomic E-state index is 0.00546. The predicted molar refractivity (Wildman–Crippen MR) is 123 cm³/mol. The number of halogens is 7. The molecule has 14 heteroatoms. The summed E-state index contributed by atoms with van der Waals surface area (Å²) < 4.78 is 100. The van der Waals surface area contributed by atoms with Crippen LogP contribution in [0.1, 0.15) is 56.1 Å². The van der Waals surface area contributed by atoms with Crippen LogP contribution in [0.15, 0.2) is 42.5 Å². The summed E-state index contributed by atoms with van der Waals surface area (Å²) >= 11 is 0. The van der Waals surface area contributed by atoms with E-state index in [0.717, 1.165) is 30.0 Å². The number of amides is 1. The fourth-order valence-corrected chi connectivity index (χ4v) is 4.30. The summed E-state index contributed by atoms with van der Waals surface area (Å²) in [6.45, 7) is 1.43. The molecule has 1 unspecified atom stereocenters. The van der Waals surface area contributed by atoms with Gasteiger partial charge < -0.3 is 15.0 Å². The second-order valence-electron chi connectivity index (χ2n) is 8.81. The summed E-state index contributed by atoms with van der Waals surface area (Å²) in [7, 11) is 1.11. The van der Waals surface area contributed by atoms with Crippen molar-refractivity contribution in [2.75, 3.05) is 18.6 Å². The Balaban J connectivity index is 1.63. The molecule has 0 saturated carbocycles. The maximum atomic E-state index is 14.7. The molecule has 1 aromatic heterocycles. The van der Waals surface area contributed by atoms with Gasteiger partial charge in [0.2, 0.25) is 0 Å². The van der Waals surface area contributed by atoms with Crippen molar-refractivity contribution >= 4 is 17.7 Å².